The molecule has 0 atom stereocenters. The fourth-order valence-electron chi connectivity index (χ4n) is 1.41. The molecule has 3 nitrogen and oxygen atoms in total. The fraction of sp³-hybridized carbons (Fsp3) is 0.250. The van der Waals surface area contributed by atoms with Crippen molar-refractivity contribution in [3.05, 3.63) is 40.1 Å². The minimum atomic E-state index is -4.42. The van der Waals surface area contributed by atoms with Crippen LogP contribution in [0.3, 0.4) is 0 Å². The number of anilines is 1. The second-order valence-electron chi connectivity index (χ2n) is 3.70. The maximum Gasteiger partial charge on any atom is 0.416 e. The first kappa shape index (κ1) is 13.7. The van der Waals surface area contributed by atoms with Crippen LogP contribution in [0.2, 0.25) is 0 Å². The van der Waals surface area contributed by atoms with Gasteiger partial charge in [0.05, 0.1) is 5.56 Å². The average molecular weight is 288 g/mol. The van der Waals surface area contributed by atoms with Gasteiger partial charge in [0.15, 0.2) is 0 Å². The fourth-order valence-corrected chi connectivity index (χ4v) is 2.03. The SMILES string of the molecule is CNc1cc(C(F)(F)F)cc(OCc2cccs2)n1. The first-order valence-corrected chi connectivity index (χ1v) is 6.29. The molecule has 0 unspecified atom stereocenters. The number of nitrogens with zero attached hydrogens (tertiary/aromatic N) is 1. The number of rotatable bonds is 4. The van der Waals surface area contributed by atoms with Crippen molar-refractivity contribution in [2.24, 2.45) is 0 Å². The van der Waals surface area contributed by atoms with Crippen molar-refractivity contribution >= 4 is 17.2 Å². The molecule has 7 heteroatoms. The van der Waals surface area contributed by atoms with Crippen LogP contribution in [0.25, 0.3) is 0 Å². The van der Waals surface area contributed by atoms with Crippen molar-refractivity contribution in [3.8, 4) is 5.88 Å². The van der Waals surface area contributed by atoms with Gasteiger partial charge >= 0.3 is 6.18 Å². The number of alkyl halides is 3. The van der Waals surface area contributed by atoms with Crippen LogP contribution in [0.5, 0.6) is 5.88 Å². The summed E-state index contributed by atoms with van der Waals surface area (Å²) >= 11 is 1.47. The highest BCUT2D eigenvalue weighted by Gasteiger charge is 2.31. The lowest BCUT2D eigenvalue weighted by molar-refractivity contribution is -0.137. The summed E-state index contributed by atoms with van der Waals surface area (Å²) in [5.74, 6) is 0.0728. The highest BCUT2D eigenvalue weighted by Crippen LogP contribution is 2.32. The molecule has 2 heterocycles. The van der Waals surface area contributed by atoms with Gasteiger partial charge in [0, 0.05) is 18.0 Å². The molecule has 1 N–H and O–H groups in total. The van der Waals surface area contributed by atoms with E-state index in [2.05, 4.69) is 10.3 Å². The minimum absolute atomic E-state index is 0.0485. The van der Waals surface area contributed by atoms with Gasteiger partial charge in [0.25, 0.3) is 0 Å². The maximum absolute atomic E-state index is 12.7. The van der Waals surface area contributed by atoms with Crippen LogP contribution in [-0.2, 0) is 12.8 Å². The summed E-state index contributed by atoms with van der Waals surface area (Å²) in [4.78, 5) is 4.86. The summed E-state index contributed by atoms with van der Waals surface area (Å²) in [6.07, 6.45) is -4.42. The van der Waals surface area contributed by atoms with E-state index >= 15 is 0 Å². The van der Waals surface area contributed by atoms with E-state index in [4.69, 9.17) is 4.74 Å². The lowest BCUT2D eigenvalue weighted by Crippen LogP contribution is -2.08. The topological polar surface area (TPSA) is 34.1 Å². The molecule has 0 aliphatic carbocycles. The third-order valence-electron chi connectivity index (χ3n) is 2.33. The Morgan fingerprint density at radius 1 is 1.37 bits per heavy atom. The van der Waals surface area contributed by atoms with E-state index in [0.717, 1.165) is 17.0 Å². The molecule has 0 bridgehead atoms. The molecule has 0 radical (unpaired) electrons. The van der Waals surface area contributed by atoms with Gasteiger partial charge in [0.2, 0.25) is 5.88 Å². The molecule has 0 fully saturated rings. The normalized spacial score (nSPS) is 11.4. The zero-order valence-corrected chi connectivity index (χ0v) is 10.8. The predicted molar refractivity (Wildman–Crippen MR) is 67.4 cm³/mol. The van der Waals surface area contributed by atoms with Crippen LogP contribution in [0.15, 0.2) is 29.6 Å². The van der Waals surface area contributed by atoms with Crippen molar-refractivity contribution in [3.63, 3.8) is 0 Å². The van der Waals surface area contributed by atoms with Crippen LogP contribution in [0, 0.1) is 0 Å². The Morgan fingerprint density at radius 2 is 2.16 bits per heavy atom. The zero-order chi connectivity index (χ0) is 13.9. The van der Waals surface area contributed by atoms with E-state index in [1.54, 1.807) is 0 Å². The Bertz CT molecular complexity index is 540. The van der Waals surface area contributed by atoms with Crippen LogP contribution < -0.4 is 10.1 Å². The molecular formula is C12H11F3N2OS. The molecule has 102 valence electrons. The van der Waals surface area contributed by atoms with Crippen LogP contribution in [0.1, 0.15) is 10.4 Å². The van der Waals surface area contributed by atoms with Crippen LogP contribution >= 0.6 is 11.3 Å². The number of ether oxygens (including phenoxy) is 1. The summed E-state index contributed by atoms with van der Waals surface area (Å²) < 4.78 is 43.4. The molecule has 0 aliphatic rings. The molecule has 0 spiro atoms. The van der Waals surface area contributed by atoms with E-state index in [1.807, 2.05) is 17.5 Å². The molecule has 0 aliphatic heterocycles. The molecule has 0 amide bonds. The quantitative estimate of drug-likeness (QED) is 0.929. The van der Waals surface area contributed by atoms with Gasteiger partial charge in [-0.25, -0.2) is 0 Å². The number of thiophene rings is 1. The van der Waals surface area contributed by atoms with Gasteiger partial charge in [-0.05, 0) is 17.5 Å². The van der Waals surface area contributed by atoms with Crippen LogP contribution in [0.4, 0.5) is 19.0 Å². The largest absolute Gasteiger partial charge is 0.472 e. The second kappa shape index (κ2) is 5.48. The third-order valence-corrected chi connectivity index (χ3v) is 3.18. The van der Waals surface area contributed by atoms with Gasteiger partial charge in [0.1, 0.15) is 12.4 Å². The summed E-state index contributed by atoms with van der Waals surface area (Å²) in [6.45, 7) is 0.204. The van der Waals surface area contributed by atoms with Gasteiger partial charge in [-0.15, -0.1) is 11.3 Å². The minimum Gasteiger partial charge on any atom is -0.472 e. The standard InChI is InChI=1S/C12H11F3N2OS/c1-16-10-5-8(12(13,14)15)6-11(17-10)18-7-9-3-2-4-19-9/h2-6H,7H2,1H3,(H,16,17). The predicted octanol–water partition coefficient (Wildman–Crippen LogP) is 3.78. The Labute approximate surface area is 112 Å². The van der Waals surface area contributed by atoms with E-state index < -0.39 is 11.7 Å². The lowest BCUT2D eigenvalue weighted by Gasteiger charge is -2.11. The monoisotopic (exact) mass is 288 g/mol. The van der Waals surface area contributed by atoms with Gasteiger partial charge in [-0.3, -0.25) is 0 Å². The number of halogens is 3. The van der Waals surface area contributed by atoms with Crippen molar-refractivity contribution in [2.45, 2.75) is 12.8 Å². The van der Waals surface area contributed by atoms with Gasteiger partial charge in [-0.1, -0.05) is 6.07 Å². The van der Waals surface area contributed by atoms with E-state index in [-0.39, 0.29) is 18.3 Å². The number of nitrogens with one attached hydrogen (secondary N) is 1. The first-order valence-electron chi connectivity index (χ1n) is 5.41. The summed E-state index contributed by atoms with van der Waals surface area (Å²) in [7, 11) is 1.51. The first-order chi connectivity index (χ1) is 8.99. The van der Waals surface area contributed by atoms with E-state index in [1.165, 1.54) is 18.4 Å². The molecule has 2 aromatic rings. The van der Waals surface area contributed by atoms with Crippen molar-refractivity contribution in [1.29, 1.82) is 0 Å². The van der Waals surface area contributed by atoms with Crippen LogP contribution in [-0.4, -0.2) is 12.0 Å². The van der Waals surface area contributed by atoms with Gasteiger partial charge < -0.3 is 10.1 Å². The summed E-state index contributed by atoms with van der Waals surface area (Å²) in [5, 5.41) is 4.46. The molecule has 2 aromatic heterocycles. The Balaban J connectivity index is 2.19. The summed E-state index contributed by atoms with van der Waals surface area (Å²) in [5.41, 5.74) is -0.784. The van der Waals surface area contributed by atoms with Gasteiger partial charge in [-0.2, -0.15) is 18.2 Å². The number of aromatic nitrogens is 1. The van der Waals surface area contributed by atoms with E-state index in [0.29, 0.717) is 0 Å². The van der Waals surface area contributed by atoms with E-state index in [9.17, 15) is 13.2 Å². The highest BCUT2D eigenvalue weighted by atomic mass is 32.1. The molecule has 19 heavy (non-hydrogen) atoms. The summed E-state index contributed by atoms with van der Waals surface area (Å²) in [6, 6.07) is 5.53. The Kier molecular flexibility index (Phi) is 3.94. The van der Waals surface area contributed by atoms with Crippen molar-refractivity contribution < 1.29 is 17.9 Å². The number of pyridine rings is 1. The number of hydrogen-bond acceptors (Lipinski definition) is 4. The highest BCUT2D eigenvalue weighted by molar-refractivity contribution is 7.09. The second-order valence-corrected chi connectivity index (χ2v) is 4.73. The molecule has 2 rings (SSSR count). The average Bonchev–Trinajstić information content (AvgIpc) is 2.88. The maximum atomic E-state index is 12.7. The molecule has 0 aromatic carbocycles. The Morgan fingerprint density at radius 3 is 2.74 bits per heavy atom. The van der Waals surface area contributed by atoms with Crippen molar-refractivity contribution in [1.82, 2.24) is 4.98 Å². The zero-order valence-electron chi connectivity index (χ0n) is 9.99. The Hall–Kier alpha value is -1.76. The van der Waals surface area contributed by atoms with Crippen molar-refractivity contribution in [2.75, 3.05) is 12.4 Å². The molecular weight excluding hydrogens is 277 g/mol. The third kappa shape index (κ3) is 3.60. The molecule has 0 saturated carbocycles. The lowest BCUT2D eigenvalue weighted by atomic mass is 10.2. The molecule has 0 saturated heterocycles. The smallest absolute Gasteiger partial charge is 0.416 e. The number of hydrogen-bond donors (Lipinski definition) is 1.